The lowest BCUT2D eigenvalue weighted by molar-refractivity contribution is -0.137. The lowest BCUT2D eigenvalue weighted by atomic mass is 9.90. The molecule has 0 radical (unpaired) electrons. The molecule has 41 heavy (non-hydrogen) atoms. The van der Waals surface area contributed by atoms with Gasteiger partial charge in [0.15, 0.2) is 0 Å². The van der Waals surface area contributed by atoms with Gasteiger partial charge in [-0.1, -0.05) is 90.5 Å². The molecule has 4 aromatic carbocycles. The Balaban J connectivity index is 1.56. The largest absolute Gasteiger partial charge is 0.494 e. The Bertz CT molecular complexity index is 1410. The van der Waals surface area contributed by atoms with E-state index in [4.69, 9.17) is 22.1 Å². The number of carbonyl (C=O) groups is 1. The first-order chi connectivity index (χ1) is 19.6. The smallest absolute Gasteiger partial charge is 0.417 e. The van der Waals surface area contributed by atoms with E-state index < -0.39 is 17.6 Å². The number of carbonyl (C=O) groups excluding carboxylic acids is 1. The van der Waals surface area contributed by atoms with E-state index in [0.717, 1.165) is 22.8 Å². The molecule has 0 bridgehead atoms. The Morgan fingerprint density at radius 2 is 1.56 bits per heavy atom. The van der Waals surface area contributed by atoms with Crippen molar-refractivity contribution in [2.45, 2.75) is 32.0 Å². The molecule has 0 saturated heterocycles. The normalized spacial score (nSPS) is 11.7. The summed E-state index contributed by atoms with van der Waals surface area (Å²) in [5.74, 6) is -0.00797. The third-order valence-corrected chi connectivity index (χ3v) is 7.43. The van der Waals surface area contributed by atoms with Crippen LogP contribution in [-0.4, -0.2) is 30.5 Å². The van der Waals surface area contributed by atoms with Crippen LogP contribution >= 0.6 is 11.6 Å². The highest BCUT2D eigenvalue weighted by molar-refractivity contribution is 6.32. The van der Waals surface area contributed by atoms with Crippen LogP contribution in [0.3, 0.4) is 0 Å². The Morgan fingerprint density at radius 1 is 0.927 bits per heavy atom. The van der Waals surface area contributed by atoms with Gasteiger partial charge in [-0.3, -0.25) is 9.69 Å². The summed E-state index contributed by atoms with van der Waals surface area (Å²) < 4.78 is 46.7. The molecule has 4 nitrogen and oxygen atoms in total. The molecule has 214 valence electrons. The van der Waals surface area contributed by atoms with Gasteiger partial charge in [0.05, 0.1) is 17.2 Å². The SMILES string of the molecule is Cc1ccc(OCCCN(Cc2cccc(C(F)(F)F)c2Cl)CC(c2ccccc2)c2ccccc2)cc1C(N)=O. The second-order valence-corrected chi connectivity index (χ2v) is 10.3. The molecule has 0 heterocycles. The van der Waals surface area contributed by atoms with Crippen molar-refractivity contribution in [2.24, 2.45) is 5.73 Å². The number of hydrogen-bond acceptors (Lipinski definition) is 3. The van der Waals surface area contributed by atoms with Crippen LogP contribution in [0.25, 0.3) is 0 Å². The standard InChI is InChI=1S/C33H32ClF3N2O2/c1-23-16-17-27(20-28(23)32(38)40)41-19-9-18-39(21-26-14-8-15-30(31(26)34)33(35,36)37)22-29(24-10-4-2-5-11-24)25-12-6-3-7-13-25/h2-8,10-17,20,29H,9,18-19,21-22H2,1H3,(H2,38,40). The molecule has 4 aromatic rings. The van der Waals surface area contributed by atoms with Gasteiger partial charge in [-0.05, 0) is 53.8 Å². The maximum atomic E-state index is 13.6. The minimum absolute atomic E-state index is 0.0156. The number of alkyl halides is 3. The average molecular weight is 581 g/mol. The van der Waals surface area contributed by atoms with Crippen LogP contribution in [0.4, 0.5) is 13.2 Å². The Kier molecular flexibility index (Phi) is 10.1. The highest BCUT2D eigenvalue weighted by atomic mass is 35.5. The van der Waals surface area contributed by atoms with Crippen LogP contribution in [-0.2, 0) is 12.7 Å². The first-order valence-electron chi connectivity index (χ1n) is 13.3. The number of aryl methyl sites for hydroxylation is 1. The fraction of sp³-hybridized carbons (Fsp3) is 0.242. The molecule has 8 heteroatoms. The minimum Gasteiger partial charge on any atom is -0.494 e. The highest BCUT2D eigenvalue weighted by Crippen LogP contribution is 2.37. The monoisotopic (exact) mass is 580 g/mol. The maximum absolute atomic E-state index is 13.6. The number of halogens is 4. The molecule has 0 aliphatic carbocycles. The number of hydrogen-bond donors (Lipinski definition) is 1. The Hall–Kier alpha value is -3.81. The predicted octanol–water partition coefficient (Wildman–Crippen LogP) is 7.87. The molecular weight excluding hydrogens is 549 g/mol. The van der Waals surface area contributed by atoms with Crippen molar-refractivity contribution in [2.75, 3.05) is 19.7 Å². The fourth-order valence-corrected chi connectivity index (χ4v) is 5.16. The number of nitrogens with two attached hydrogens (primary N) is 1. The van der Waals surface area contributed by atoms with Gasteiger partial charge in [0, 0.05) is 31.1 Å². The number of nitrogens with zero attached hydrogens (tertiary/aromatic N) is 1. The molecule has 1 amide bonds. The molecule has 0 aliphatic heterocycles. The van der Waals surface area contributed by atoms with Crippen molar-refractivity contribution in [1.29, 1.82) is 0 Å². The van der Waals surface area contributed by atoms with Gasteiger partial charge in [0.2, 0.25) is 5.91 Å². The second-order valence-electron chi connectivity index (χ2n) is 9.93. The first kappa shape index (κ1) is 30.2. The number of primary amides is 1. The van der Waals surface area contributed by atoms with E-state index in [1.807, 2.05) is 36.4 Å². The van der Waals surface area contributed by atoms with Crippen LogP contribution in [0, 0.1) is 6.92 Å². The van der Waals surface area contributed by atoms with Crippen molar-refractivity contribution >= 4 is 17.5 Å². The van der Waals surface area contributed by atoms with E-state index in [2.05, 4.69) is 29.2 Å². The molecule has 2 N–H and O–H groups in total. The van der Waals surface area contributed by atoms with Gasteiger partial charge in [0.25, 0.3) is 0 Å². The fourth-order valence-electron chi connectivity index (χ4n) is 4.86. The summed E-state index contributed by atoms with van der Waals surface area (Å²) in [7, 11) is 0. The summed E-state index contributed by atoms with van der Waals surface area (Å²) in [5.41, 5.74) is 8.41. The highest BCUT2D eigenvalue weighted by Gasteiger charge is 2.34. The molecule has 0 aromatic heterocycles. The van der Waals surface area contributed by atoms with E-state index in [0.29, 0.717) is 43.0 Å². The lowest BCUT2D eigenvalue weighted by Gasteiger charge is -2.29. The summed E-state index contributed by atoms with van der Waals surface area (Å²) in [6.07, 6.45) is -3.95. The van der Waals surface area contributed by atoms with E-state index in [1.165, 1.54) is 6.07 Å². The van der Waals surface area contributed by atoms with Crippen LogP contribution < -0.4 is 10.5 Å². The summed E-state index contributed by atoms with van der Waals surface area (Å²) in [4.78, 5) is 13.8. The van der Waals surface area contributed by atoms with E-state index in [1.54, 1.807) is 31.2 Å². The molecule has 0 unspecified atom stereocenters. The molecule has 0 aliphatic rings. The zero-order valence-corrected chi connectivity index (χ0v) is 23.5. The van der Waals surface area contributed by atoms with Gasteiger partial charge in [-0.2, -0.15) is 13.2 Å². The molecule has 0 fully saturated rings. The van der Waals surface area contributed by atoms with Crippen LogP contribution in [0.2, 0.25) is 5.02 Å². The van der Waals surface area contributed by atoms with Crippen molar-refractivity contribution in [3.05, 3.63) is 135 Å². The molecule has 0 atom stereocenters. The zero-order valence-electron chi connectivity index (χ0n) is 22.7. The quantitative estimate of drug-likeness (QED) is 0.173. The first-order valence-corrected chi connectivity index (χ1v) is 13.7. The third-order valence-electron chi connectivity index (χ3n) is 6.98. The van der Waals surface area contributed by atoms with Crippen LogP contribution in [0.5, 0.6) is 5.75 Å². The van der Waals surface area contributed by atoms with Gasteiger partial charge in [0.1, 0.15) is 5.75 Å². The number of rotatable bonds is 12. The number of ether oxygens (including phenoxy) is 1. The predicted molar refractivity (Wildman–Crippen MR) is 156 cm³/mol. The van der Waals surface area contributed by atoms with E-state index >= 15 is 0 Å². The molecular formula is C33H32ClF3N2O2. The van der Waals surface area contributed by atoms with Crippen molar-refractivity contribution in [1.82, 2.24) is 4.90 Å². The third kappa shape index (κ3) is 8.12. The second kappa shape index (κ2) is 13.7. The summed E-state index contributed by atoms with van der Waals surface area (Å²) >= 11 is 6.29. The lowest BCUT2D eigenvalue weighted by Crippen LogP contribution is -2.31. The van der Waals surface area contributed by atoms with Crippen molar-refractivity contribution in [3.8, 4) is 5.75 Å². The summed E-state index contributed by atoms with van der Waals surface area (Å²) in [6, 6.07) is 29.3. The number of benzene rings is 4. The Morgan fingerprint density at radius 3 is 2.15 bits per heavy atom. The average Bonchev–Trinajstić information content (AvgIpc) is 2.95. The molecule has 0 saturated carbocycles. The van der Waals surface area contributed by atoms with Crippen molar-refractivity contribution < 1.29 is 22.7 Å². The number of amides is 1. The van der Waals surface area contributed by atoms with Crippen molar-refractivity contribution in [3.63, 3.8) is 0 Å². The van der Waals surface area contributed by atoms with Gasteiger partial charge in [-0.25, -0.2) is 0 Å². The van der Waals surface area contributed by atoms with Crippen LogP contribution in [0.1, 0.15) is 50.5 Å². The van der Waals surface area contributed by atoms with Gasteiger partial charge in [-0.15, -0.1) is 0 Å². The maximum Gasteiger partial charge on any atom is 0.417 e. The Labute approximate surface area is 243 Å². The molecule has 4 rings (SSSR count). The summed E-state index contributed by atoms with van der Waals surface area (Å²) in [6.45, 7) is 3.47. The zero-order chi connectivity index (χ0) is 29.4. The minimum atomic E-state index is -4.54. The summed E-state index contributed by atoms with van der Waals surface area (Å²) in [5, 5.41) is -0.282. The van der Waals surface area contributed by atoms with E-state index in [-0.39, 0.29) is 17.5 Å². The molecule has 0 spiro atoms. The van der Waals surface area contributed by atoms with E-state index in [9.17, 15) is 18.0 Å². The topological polar surface area (TPSA) is 55.6 Å². The van der Waals surface area contributed by atoms with Gasteiger partial charge < -0.3 is 10.5 Å². The van der Waals surface area contributed by atoms with Gasteiger partial charge >= 0.3 is 6.18 Å². The van der Waals surface area contributed by atoms with Crippen LogP contribution in [0.15, 0.2) is 97.1 Å².